The van der Waals surface area contributed by atoms with Crippen LogP contribution in [0.5, 0.6) is 0 Å². The van der Waals surface area contributed by atoms with E-state index in [0.29, 0.717) is 16.7 Å². The molecule has 2 aromatic carbocycles. The molecule has 242 valence electrons. The summed E-state index contributed by atoms with van der Waals surface area (Å²) in [5, 5.41) is 4.76. The van der Waals surface area contributed by atoms with E-state index in [-0.39, 0.29) is 24.4 Å². The molecule has 0 saturated carbocycles. The van der Waals surface area contributed by atoms with Gasteiger partial charge in [-0.3, -0.25) is 15.4 Å². The second-order valence-electron chi connectivity index (χ2n) is 11.7. The average Bonchev–Trinajstić information content (AvgIpc) is 2.93. The first-order chi connectivity index (χ1) is 21.0. The number of alkyl carbamates (subject to hydrolysis) is 2. The summed E-state index contributed by atoms with van der Waals surface area (Å²) < 4.78 is 25.6. The Balaban J connectivity index is 2.55. The summed E-state index contributed by atoms with van der Waals surface area (Å²) in [6, 6.07) is 13.8. The molecule has 12 heteroatoms. The number of hydrogen-bond acceptors (Lipinski definition) is 10. The zero-order chi connectivity index (χ0) is 33.8. The van der Waals surface area contributed by atoms with Gasteiger partial charge in [0.1, 0.15) is 29.2 Å². The Morgan fingerprint density at radius 3 is 1.51 bits per heavy atom. The number of benzene rings is 2. The van der Waals surface area contributed by atoms with E-state index in [0.717, 1.165) is 19.8 Å². The van der Waals surface area contributed by atoms with Crippen molar-refractivity contribution in [1.82, 2.24) is 10.6 Å². The van der Waals surface area contributed by atoms with Crippen molar-refractivity contribution in [2.75, 3.05) is 14.2 Å². The number of ether oxygens (including phenoxy) is 5. The fourth-order valence-electron chi connectivity index (χ4n) is 3.64. The van der Waals surface area contributed by atoms with Crippen molar-refractivity contribution in [3.8, 4) is 0 Å². The van der Waals surface area contributed by atoms with Crippen LogP contribution in [0.1, 0.15) is 63.8 Å². The predicted octanol–water partition coefficient (Wildman–Crippen LogP) is 5.05. The molecule has 12 nitrogen and oxygen atoms in total. The molecule has 0 bridgehead atoms. The van der Waals surface area contributed by atoms with Gasteiger partial charge in [-0.2, -0.15) is 0 Å². The molecule has 0 radical (unpaired) electrons. The molecule has 0 saturated heterocycles. The number of nitrogens with one attached hydrogen (secondary N) is 2. The molecule has 2 N–H and O–H groups in total. The summed E-state index contributed by atoms with van der Waals surface area (Å²) in [6.45, 7) is 10.0. The van der Waals surface area contributed by atoms with Crippen molar-refractivity contribution in [2.24, 2.45) is 0 Å². The summed E-state index contributed by atoms with van der Waals surface area (Å²) in [4.78, 5) is 62.8. The molecule has 0 aromatic heterocycles. The number of carbonyl (C=O) groups excluding carboxylic acids is 5. The molecule has 0 atom stereocenters. The van der Waals surface area contributed by atoms with E-state index < -0.39 is 41.3 Å². The molecule has 0 aliphatic heterocycles. The van der Waals surface area contributed by atoms with Gasteiger partial charge in [-0.1, -0.05) is 42.5 Å². The SMILES string of the molecule is COC(=O)/C(=C/c1cc(/C=C(\NC(=O)OC(C)(C)C)C(=O)OC)cc(CC(=O)OCc2ccccc2)c1)NC(=O)OC(C)(C)C. The summed E-state index contributed by atoms with van der Waals surface area (Å²) in [6.07, 6.45) is 0.648. The third-order valence-corrected chi connectivity index (χ3v) is 5.33. The molecule has 0 heterocycles. The molecule has 45 heavy (non-hydrogen) atoms. The van der Waals surface area contributed by atoms with Gasteiger partial charge in [0.05, 0.1) is 20.6 Å². The first-order valence-electron chi connectivity index (χ1n) is 13.9. The van der Waals surface area contributed by atoms with Crippen molar-refractivity contribution in [3.05, 3.63) is 82.2 Å². The van der Waals surface area contributed by atoms with Crippen LogP contribution in [0, 0.1) is 0 Å². The van der Waals surface area contributed by atoms with Gasteiger partial charge in [0.2, 0.25) is 0 Å². The first-order valence-corrected chi connectivity index (χ1v) is 13.9. The van der Waals surface area contributed by atoms with Crippen LogP contribution in [0.2, 0.25) is 0 Å². The number of methoxy groups -OCH3 is 2. The lowest BCUT2D eigenvalue weighted by molar-refractivity contribution is -0.144. The molecular weight excluding hydrogens is 584 g/mol. The van der Waals surface area contributed by atoms with Gasteiger partial charge in [0, 0.05) is 0 Å². The molecule has 0 aliphatic carbocycles. The molecule has 0 fully saturated rings. The van der Waals surface area contributed by atoms with Gasteiger partial charge in [0.25, 0.3) is 0 Å². The quantitative estimate of drug-likeness (QED) is 0.208. The number of esters is 3. The standard InChI is InChI=1S/C33H40N2O10/c1-32(2,3)44-30(39)34-25(28(37)41-7)17-22-14-23(18-26(29(38)42-8)35-31(40)45-33(4,5)6)16-24(15-22)19-27(36)43-20-21-12-10-9-11-13-21/h9-18H,19-20H2,1-8H3,(H,34,39)(H,35,40)/b25-17-,26-18-. The van der Waals surface area contributed by atoms with Gasteiger partial charge < -0.3 is 23.7 Å². The summed E-state index contributed by atoms with van der Waals surface area (Å²) in [5.41, 5.74) is -0.311. The molecule has 0 aliphatic rings. The summed E-state index contributed by atoms with van der Waals surface area (Å²) in [5.74, 6) is -2.28. The highest BCUT2D eigenvalue weighted by Crippen LogP contribution is 2.19. The molecular formula is C33H40N2O10. The molecule has 0 spiro atoms. The van der Waals surface area contributed by atoms with Crippen LogP contribution < -0.4 is 10.6 Å². The lowest BCUT2D eigenvalue weighted by Gasteiger charge is -2.20. The van der Waals surface area contributed by atoms with Crippen LogP contribution in [0.25, 0.3) is 12.2 Å². The predicted molar refractivity (Wildman–Crippen MR) is 165 cm³/mol. The monoisotopic (exact) mass is 624 g/mol. The lowest BCUT2D eigenvalue weighted by atomic mass is 10.0. The zero-order valence-electron chi connectivity index (χ0n) is 26.8. The van der Waals surface area contributed by atoms with E-state index in [4.69, 9.17) is 23.7 Å². The average molecular weight is 625 g/mol. The van der Waals surface area contributed by atoms with E-state index in [1.807, 2.05) is 30.3 Å². The Morgan fingerprint density at radius 1 is 0.667 bits per heavy atom. The van der Waals surface area contributed by atoms with Crippen LogP contribution in [0.15, 0.2) is 59.9 Å². The maximum absolute atomic E-state index is 12.8. The second kappa shape index (κ2) is 16.1. The topological polar surface area (TPSA) is 156 Å². The minimum absolute atomic E-state index is 0.0601. The third-order valence-electron chi connectivity index (χ3n) is 5.33. The van der Waals surface area contributed by atoms with E-state index in [1.54, 1.807) is 53.7 Å². The lowest BCUT2D eigenvalue weighted by Crippen LogP contribution is -2.34. The molecule has 0 unspecified atom stereocenters. The Morgan fingerprint density at radius 2 is 1.11 bits per heavy atom. The van der Waals surface area contributed by atoms with Crippen LogP contribution in [-0.4, -0.2) is 55.5 Å². The summed E-state index contributed by atoms with van der Waals surface area (Å²) in [7, 11) is 2.29. The highest BCUT2D eigenvalue weighted by atomic mass is 16.6. The van der Waals surface area contributed by atoms with Crippen molar-refractivity contribution in [1.29, 1.82) is 0 Å². The zero-order valence-corrected chi connectivity index (χ0v) is 26.8. The van der Waals surface area contributed by atoms with Crippen molar-refractivity contribution < 1.29 is 47.7 Å². The Hall–Kier alpha value is -5.13. The van der Waals surface area contributed by atoms with Gasteiger partial charge in [-0.15, -0.1) is 0 Å². The van der Waals surface area contributed by atoms with Gasteiger partial charge in [-0.05, 0) is 82.0 Å². The van der Waals surface area contributed by atoms with E-state index in [9.17, 15) is 24.0 Å². The van der Waals surface area contributed by atoms with Crippen molar-refractivity contribution >= 4 is 42.2 Å². The van der Waals surface area contributed by atoms with Crippen molar-refractivity contribution in [2.45, 2.75) is 65.8 Å². The largest absolute Gasteiger partial charge is 0.464 e. The highest BCUT2D eigenvalue weighted by molar-refractivity contribution is 5.98. The number of amides is 2. The van der Waals surface area contributed by atoms with Gasteiger partial charge in [-0.25, -0.2) is 19.2 Å². The Labute approximate surface area is 262 Å². The minimum atomic E-state index is -0.894. The fourth-order valence-corrected chi connectivity index (χ4v) is 3.64. The van der Waals surface area contributed by atoms with Crippen LogP contribution in [0.4, 0.5) is 9.59 Å². The number of hydrogen-bond donors (Lipinski definition) is 2. The maximum Gasteiger partial charge on any atom is 0.412 e. The van der Waals surface area contributed by atoms with Gasteiger partial charge in [0.15, 0.2) is 0 Å². The Kier molecular flexibility index (Phi) is 12.9. The molecule has 2 amide bonds. The van der Waals surface area contributed by atoms with Crippen LogP contribution in [0.3, 0.4) is 0 Å². The Bertz CT molecular complexity index is 1370. The summed E-state index contributed by atoms with van der Waals surface area (Å²) >= 11 is 0. The number of carbonyl (C=O) groups is 5. The smallest absolute Gasteiger partial charge is 0.412 e. The second-order valence-corrected chi connectivity index (χ2v) is 11.7. The molecule has 2 rings (SSSR count). The minimum Gasteiger partial charge on any atom is -0.464 e. The van der Waals surface area contributed by atoms with Gasteiger partial charge >= 0.3 is 30.1 Å². The van der Waals surface area contributed by atoms with E-state index in [1.165, 1.54) is 18.2 Å². The fraction of sp³-hybridized carbons (Fsp3) is 0.364. The highest BCUT2D eigenvalue weighted by Gasteiger charge is 2.22. The number of rotatable bonds is 10. The van der Waals surface area contributed by atoms with Crippen LogP contribution >= 0.6 is 0 Å². The van der Waals surface area contributed by atoms with Crippen LogP contribution in [-0.2, 0) is 51.1 Å². The third kappa shape index (κ3) is 13.8. The van der Waals surface area contributed by atoms with E-state index in [2.05, 4.69) is 10.6 Å². The van der Waals surface area contributed by atoms with Crippen molar-refractivity contribution in [3.63, 3.8) is 0 Å². The normalized spacial score (nSPS) is 12.0. The first kappa shape index (κ1) is 36.1. The maximum atomic E-state index is 12.8. The molecule has 2 aromatic rings. The van der Waals surface area contributed by atoms with E-state index >= 15 is 0 Å².